The Morgan fingerprint density at radius 3 is 2.23 bits per heavy atom. The predicted octanol–water partition coefficient (Wildman–Crippen LogP) is 4.60. The third-order valence-corrected chi connectivity index (χ3v) is 7.59. The topological polar surface area (TPSA) is 102 Å². The molecular formula is C22H25N3O4S2. The molecule has 0 fully saturated rings. The molecule has 0 spiro atoms. The van der Waals surface area contributed by atoms with Crippen LogP contribution in [-0.4, -0.2) is 35.0 Å². The lowest BCUT2D eigenvalue weighted by atomic mass is 10.1. The lowest BCUT2D eigenvalue weighted by Gasteiger charge is -2.08. The van der Waals surface area contributed by atoms with Crippen molar-refractivity contribution in [1.82, 2.24) is 10.2 Å². The Morgan fingerprint density at radius 1 is 1.00 bits per heavy atom. The number of thioether (sulfide) groups is 1. The second-order valence-electron chi connectivity index (χ2n) is 7.56. The van der Waals surface area contributed by atoms with E-state index in [0.29, 0.717) is 23.1 Å². The monoisotopic (exact) mass is 459 g/mol. The second-order valence-corrected chi connectivity index (χ2v) is 11.7. The van der Waals surface area contributed by atoms with Crippen LogP contribution in [0.1, 0.15) is 49.5 Å². The van der Waals surface area contributed by atoms with E-state index in [1.165, 1.54) is 29.2 Å². The molecule has 0 bridgehead atoms. The molecule has 3 aromatic rings. The summed E-state index contributed by atoms with van der Waals surface area (Å²) in [6, 6.07) is 13.9. The SMILES string of the molecule is CC(C)Sc1ccc(Cc2nnc(NC(=O)c3ccc(S(=O)(=O)C(C)C)cc3)o2)cc1. The minimum Gasteiger partial charge on any atom is -0.407 e. The van der Waals surface area contributed by atoms with Crippen molar-refractivity contribution in [3.8, 4) is 0 Å². The Kier molecular flexibility index (Phi) is 7.17. The maximum Gasteiger partial charge on any atom is 0.322 e. The lowest BCUT2D eigenvalue weighted by Crippen LogP contribution is -2.15. The van der Waals surface area contributed by atoms with Gasteiger partial charge in [-0.2, -0.15) is 0 Å². The fourth-order valence-corrected chi connectivity index (χ4v) is 4.64. The van der Waals surface area contributed by atoms with Crippen LogP contribution in [0.5, 0.6) is 0 Å². The standard InChI is InChI=1S/C22H25N3O4S2/c1-14(2)30-18-9-5-16(6-10-18)13-20-24-25-22(29-20)23-21(26)17-7-11-19(12-8-17)31(27,28)15(3)4/h5-12,14-15H,13H2,1-4H3,(H,23,25,26). The van der Waals surface area contributed by atoms with Crippen molar-refractivity contribution in [3.63, 3.8) is 0 Å². The summed E-state index contributed by atoms with van der Waals surface area (Å²) in [6.45, 7) is 7.52. The fourth-order valence-electron chi connectivity index (χ4n) is 2.75. The molecule has 3 rings (SSSR count). The molecule has 0 radical (unpaired) electrons. The number of hydrogen-bond acceptors (Lipinski definition) is 7. The zero-order valence-corrected chi connectivity index (χ0v) is 19.5. The number of carbonyl (C=O) groups is 1. The minimum atomic E-state index is -3.39. The number of benzene rings is 2. The molecule has 0 aliphatic rings. The average molecular weight is 460 g/mol. The van der Waals surface area contributed by atoms with Gasteiger partial charge in [0.05, 0.1) is 16.6 Å². The van der Waals surface area contributed by atoms with Crippen LogP contribution in [0.3, 0.4) is 0 Å². The van der Waals surface area contributed by atoms with Crippen LogP contribution >= 0.6 is 11.8 Å². The summed E-state index contributed by atoms with van der Waals surface area (Å²) in [5.74, 6) is -0.0725. The number of sulfone groups is 1. The minimum absolute atomic E-state index is 0.00846. The zero-order valence-electron chi connectivity index (χ0n) is 17.8. The molecule has 0 saturated heterocycles. The summed E-state index contributed by atoms with van der Waals surface area (Å²) in [4.78, 5) is 13.8. The number of carbonyl (C=O) groups excluding carboxylic acids is 1. The van der Waals surface area contributed by atoms with Gasteiger partial charge < -0.3 is 4.42 Å². The van der Waals surface area contributed by atoms with E-state index in [-0.39, 0.29) is 10.9 Å². The number of hydrogen-bond donors (Lipinski definition) is 1. The Bertz CT molecular complexity index is 1140. The van der Waals surface area contributed by atoms with Gasteiger partial charge in [0.15, 0.2) is 9.84 Å². The summed E-state index contributed by atoms with van der Waals surface area (Å²) in [5, 5.41) is 10.4. The molecule has 0 atom stereocenters. The zero-order chi connectivity index (χ0) is 22.6. The van der Waals surface area contributed by atoms with E-state index in [1.807, 2.05) is 12.1 Å². The van der Waals surface area contributed by atoms with E-state index in [0.717, 1.165) is 5.56 Å². The van der Waals surface area contributed by atoms with Crippen molar-refractivity contribution in [2.75, 3.05) is 5.32 Å². The maximum atomic E-state index is 12.4. The Labute approximate surface area is 186 Å². The molecule has 1 heterocycles. The molecule has 0 aliphatic carbocycles. The van der Waals surface area contributed by atoms with Crippen molar-refractivity contribution in [2.45, 2.75) is 54.4 Å². The number of amides is 1. The number of rotatable bonds is 8. The summed E-state index contributed by atoms with van der Waals surface area (Å²) in [5.41, 5.74) is 1.32. The third-order valence-electron chi connectivity index (χ3n) is 4.40. The van der Waals surface area contributed by atoms with Gasteiger partial charge in [-0.1, -0.05) is 31.1 Å². The molecule has 0 saturated carbocycles. The highest BCUT2D eigenvalue weighted by molar-refractivity contribution is 7.99. The van der Waals surface area contributed by atoms with Gasteiger partial charge in [-0.05, 0) is 55.8 Å². The summed E-state index contributed by atoms with van der Waals surface area (Å²) in [6.07, 6.45) is 0.456. The smallest absolute Gasteiger partial charge is 0.322 e. The van der Waals surface area contributed by atoms with Crippen LogP contribution in [-0.2, 0) is 16.3 Å². The fraction of sp³-hybridized carbons (Fsp3) is 0.318. The van der Waals surface area contributed by atoms with Gasteiger partial charge in [-0.15, -0.1) is 16.9 Å². The van der Waals surface area contributed by atoms with Gasteiger partial charge in [0.2, 0.25) is 5.89 Å². The second kappa shape index (κ2) is 9.65. The first-order chi connectivity index (χ1) is 14.6. The normalized spacial score (nSPS) is 11.8. The van der Waals surface area contributed by atoms with Gasteiger partial charge in [-0.3, -0.25) is 10.1 Å². The van der Waals surface area contributed by atoms with Gasteiger partial charge in [-0.25, -0.2) is 8.42 Å². The van der Waals surface area contributed by atoms with E-state index in [9.17, 15) is 13.2 Å². The number of nitrogens with one attached hydrogen (secondary N) is 1. The van der Waals surface area contributed by atoms with Crippen molar-refractivity contribution in [1.29, 1.82) is 0 Å². The van der Waals surface area contributed by atoms with Crippen LogP contribution < -0.4 is 5.32 Å². The van der Waals surface area contributed by atoms with Gasteiger partial charge in [0.1, 0.15) is 0 Å². The molecule has 1 aromatic heterocycles. The number of nitrogens with zero attached hydrogens (tertiary/aromatic N) is 2. The first kappa shape index (κ1) is 23.0. The first-order valence-corrected chi connectivity index (χ1v) is 12.3. The van der Waals surface area contributed by atoms with E-state index in [4.69, 9.17) is 4.42 Å². The van der Waals surface area contributed by atoms with Crippen LogP contribution in [0, 0.1) is 0 Å². The van der Waals surface area contributed by atoms with Crippen molar-refractivity contribution in [3.05, 3.63) is 65.5 Å². The Balaban J connectivity index is 1.62. The molecule has 0 aliphatic heterocycles. The van der Waals surface area contributed by atoms with Crippen LogP contribution in [0.25, 0.3) is 0 Å². The molecule has 1 amide bonds. The highest BCUT2D eigenvalue weighted by Gasteiger charge is 2.20. The van der Waals surface area contributed by atoms with E-state index >= 15 is 0 Å². The lowest BCUT2D eigenvalue weighted by molar-refractivity contribution is 0.102. The van der Waals surface area contributed by atoms with Gasteiger partial charge in [0.25, 0.3) is 5.91 Å². The van der Waals surface area contributed by atoms with Crippen LogP contribution in [0.4, 0.5) is 6.01 Å². The molecule has 7 nitrogen and oxygen atoms in total. The van der Waals surface area contributed by atoms with Crippen molar-refractivity contribution in [2.24, 2.45) is 0 Å². The quantitative estimate of drug-likeness (QED) is 0.491. The summed E-state index contributed by atoms with van der Waals surface area (Å²) >= 11 is 1.79. The Morgan fingerprint density at radius 2 is 1.65 bits per heavy atom. The van der Waals surface area contributed by atoms with Gasteiger partial charge in [0, 0.05) is 15.7 Å². The predicted molar refractivity (Wildman–Crippen MR) is 121 cm³/mol. The molecule has 9 heteroatoms. The van der Waals surface area contributed by atoms with E-state index in [1.54, 1.807) is 25.6 Å². The van der Waals surface area contributed by atoms with E-state index < -0.39 is 21.0 Å². The van der Waals surface area contributed by atoms with Gasteiger partial charge >= 0.3 is 6.01 Å². The largest absolute Gasteiger partial charge is 0.407 e. The first-order valence-electron chi connectivity index (χ1n) is 9.88. The molecule has 31 heavy (non-hydrogen) atoms. The summed E-state index contributed by atoms with van der Waals surface area (Å²) in [7, 11) is -3.39. The molecular weight excluding hydrogens is 434 g/mol. The highest BCUT2D eigenvalue weighted by atomic mass is 32.2. The van der Waals surface area contributed by atoms with Crippen molar-refractivity contribution >= 4 is 33.5 Å². The third kappa shape index (κ3) is 5.95. The van der Waals surface area contributed by atoms with Crippen LogP contribution in [0.2, 0.25) is 0 Å². The molecule has 1 N–H and O–H groups in total. The number of aromatic nitrogens is 2. The number of anilines is 1. The summed E-state index contributed by atoms with van der Waals surface area (Å²) < 4.78 is 29.9. The Hall–Kier alpha value is -2.65. The maximum absolute atomic E-state index is 12.4. The molecule has 2 aromatic carbocycles. The van der Waals surface area contributed by atoms with Crippen molar-refractivity contribution < 1.29 is 17.6 Å². The van der Waals surface area contributed by atoms with Crippen LogP contribution in [0.15, 0.2) is 62.7 Å². The van der Waals surface area contributed by atoms with E-state index in [2.05, 4.69) is 41.5 Å². The highest BCUT2D eigenvalue weighted by Crippen LogP contribution is 2.23. The molecule has 164 valence electrons. The molecule has 0 unspecified atom stereocenters. The average Bonchev–Trinajstić information content (AvgIpc) is 3.15.